The molecule has 14 heavy (non-hydrogen) atoms. The van der Waals surface area contributed by atoms with Gasteiger partial charge in [0.1, 0.15) is 0 Å². The molecule has 0 aromatic heterocycles. The van der Waals surface area contributed by atoms with Crippen LogP contribution in [0.1, 0.15) is 44.9 Å². The Bertz CT molecular complexity index is 107. The van der Waals surface area contributed by atoms with Crippen LogP contribution in [0.3, 0.4) is 0 Å². The van der Waals surface area contributed by atoms with Gasteiger partial charge in [-0.1, -0.05) is 19.3 Å². The van der Waals surface area contributed by atoms with E-state index in [0.29, 0.717) is 0 Å². The lowest BCUT2D eigenvalue weighted by molar-refractivity contribution is 0.397. The van der Waals surface area contributed by atoms with Crippen LogP contribution in [0.15, 0.2) is 0 Å². The maximum absolute atomic E-state index is 5.58. The summed E-state index contributed by atoms with van der Waals surface area (Å²) in [6.07, 6.45) is 8.57. The second kappa shape index (κ2) is 11.0. The summed E-state index contributed by atoms with van der Waals surface area (Å²) in [5, 5.41) is 0. The first-order valence-corrected chi connectivity index (χ1v) is 5.95. The van der Waals surface area contributed by atoms with Gasteiger partial charge >= 0.3 is 0 Å². The van der Waals surface area contributed by atoms with Gasteiger partial charge in [0.05, 0.1) is 0 Å². The van der Waals surface area contributed by atoms with Crippen molar-refractivity contribution in [2.24, 2.45) is 23.1 Å². The minimum absolute atomic E-state index is 0.793. The van der Waals surface area contributed by atoms with Crippen molar-refractivity contribution < 1.29 is 0 Å². The standard InChI is InChI=1S/C11H27N3/c12-8-3-1-2-5-11(7-10-14)6-4-9-13/h11H,1-10,12-14H2. The maximum atomic E-state index is 5.58. The summed E-state index contributed by atoms with van der Waals surface area (Å²) in [6.45, 7) is 2.44. The molecule has 0 fully saturated rings. The zero-order valence-corrected chi connectivity index (χ0v) is 9.38. The van der Waals surface area contributed by atoms with E-state index in [1.165, 1.54) is 25.7 Å². The van der Waals surface area contributed by atoms with Crippen LogP contribution in [0.5, 0.6) is 0 Å². The quantitative estimate of drug-likeness (QED) is 0.465. The Kier molecular flexibility index (Phi) is 10.9. The van der Waals surface area contributed by atoms with E-state index < -0.39 is 0 Å². The molecule has 0 spiro atoms. The third-order valence-electron chi connectivity index (χ3n) is 2.71. The highest BCUT2D eigenvalue weighted by molar-refractivity contribution is 4.61. The first kappa shape index (κ1) is 13.9. The van der Waals surface area contributed by atoms with Crippen molar-refractivity contribution in [2.75, 3.05) is 19.6 Å². The van der Waals surface area contributed by atoms with Crippen molar-refractivity contribution in [3.05, 3.63) is 0 Å². The Balaban J connectivity index is 3.40. The van der Waals surface area contributed by atoms with Gasteiger partial charge in [0.15, 0.2) is 0 Å². The van der Waals surface area contributed by atoms with E-state index in [2.05, 4.69) is 0 Å². The Hall–Kier alpha value is -0.120. The smallest absolute Gasteiger partial charge is 0.00746 e. The van der Waals surface area contributed by atoms with Crippen LogP contribution in [0.2, 0.25) is 0 Å². The highest BCUT2D eigenvalue weighted by Crippen LogP contribution is 2.18. The molecule has 0 rings (SSSR count). The van der Waals surface area contributed by atoms with Crippen molar-refractivity contribution in [2.45, 2.75) is 44.9 Å². The first-order valence-electron chi connectivity index (χ1n) is 5.95. The Morgan fingerprint density at radius 3 is 1.79 bits per heavy atom. The Morgan fingerprint density at radius 1 is 0.571 bits per heavy atom. The Morgan fingerprint density at radius 2 is 1.21 bits per heavy atom. The second-order valence-electron chi connectivity index (χ2n) is 4.01. The van der Waals surface area contributed by atoms with Crippen LogP contribution >= 0.6 is 0 Å². The van der Waals surface area contributed by atoms with Gasteiger partial charge < -0.3 is 17.2 Å². The van der Waals surface area contributed by atoms with Gasteiger partial charge in [0.25, 0.3) is 0 Å². The molecule has 0 amide bonds. The fourth-order valence-electron chi connectivity index (χ4n) is 1.83. The van der Waals surface area contributed by atoms with E-state index in [1.54, 1.807) is 0 Å². The predicted molar refractivity (Wildman–Crippen MR) is 63.0 cm³/mol. The molecule has 0 aliphatic rings. The van der Waals surface area contributed by atoms with E-state index in [-0.39, 0.29) is 0 Å². The fraction of sp³-hybridized carbons (Fsp3) is 1.00. The topological polar surface area (TPSA) is 78.1 Å². The van der Waals surface area contributed by atoms with Crippen LogP contribution < -0.4 is 17.2 Å². The lowest BCUT2D eigenvalue weighted by Crippen LogP contribution is -2.11. The number of rotatable bonds is 10. The van der Waals surface area contributed by atoms with Gasteiger partial charge in [-0.25, -0.2) is 0 Å². The van der Waals surface area contributed by atoms with Crippen LogP contribution in [0, 0.1) is 5.92 Å². The lowest BCUT2D eigenvalue weighted by atomic mass is 9.93. The van der Waals surface area contributed by atoms with Crippen molar-refractivity contribution in [1.29, 1.82) is 0 Å². The molecule has 6 N–H and O–H groups in total. The summed E-state index contributed by atoms with van der Waals surface area (Å²) in [5.74, 6) is 0.793. The average Bonchev–Trinajstić information content (AvgIpc) is 2.20. The molecular weight excluding hydrogens is 174 g/mol. The Labute approximate surface area is 88.4 Å². The molecule has 1 unspecified atom stereocenters. The molecule has 3 heteroatoms. The summed E-state index contributed by atoms with van der Waals surface area (Å²) in [5.41, 5.74) is 16.5. The summed E-state index contributed by atoms with van der Waals surface area (Å²) in [7, 11) is 0. The number of nitrogens with two attached hydrogens (primary N) is 3. The summed E-state index contributed by atoms with van der Waals surface area (Å²) >= 11 is 0. The first-order chi connectivity index (χ1) is 6.85. The predicted octanol–water partition coefficient (Wildman–Crippen LogP) is 1.21. The van der Waals surface area contributed by atoms with E-state index in [0.717, 1.165) is 44.8 Å². The highest BCUT2D eigenvalue weighted by Gasteiger charge is 2.06. The van der Waals surface area contributed by atoms with Crippen molar-refractivity contribution in [1.82, 2.24) is 0 Å². The highest BCUT2D eigenvalue weighted by atomic mass is 14.5. The number of hydrogen-bond donors (Lipinski definition) is 3. The summed E-state index contributed by atoms with van der Waals surface area (Å²) in [4.78, 5) is 0. The number of unbranched alkanes of at least 4 members (excludes halogenated alkanes) is 2. The minimum atomic E-state index is 0.793. The second-order valence-corrected chi connectivity index (χ2v) is 4.01. The van der Waals surface area contributed by atoms with Gasteiger partial charge in [0.2, 0.25) is 0 Å². The molecule has 0 radical (unpaired) electrons. The van der Waals surface area contributed by atoms with Crippen LogP contribution in [0.4, 0.5) is 0 Å². The van der Waals surface area contributed by atoms with Crippen molar-refractivity contribution in [3.63, 3.8) is 0 Å². The third-order valence-corrected chi connectivity index (χ3v) is 2.71. The molecule has 0 aliphatic carbocycles. The van der Waals surface area contributed by atoms with Crippen LogP contribution in [0.25, 0.3) is 0 Å². The largest absolute Gasteiger partial charge is 0.330 e. The maximum Gasteiger partial charge on any atom is -0.00746 e. The van der Waals surface area contributed by atoms with E-state index in [4.69, 9.17) is 17.2 Å². The SMILES string of the molecule is NCCCCCC(CCN)CCCN. The molecule has 0 heterocycles. The fourth-order valence-corrected chi connectivity index (χ4v) is 1.83. The molecule has 0 aromatic carbocycles. The van der Waals surface area contributed by atoms with Gasteiger partial charge in [-0.2, -0.15) is 0 Å². The molecule has 0 aromatic rings. The van der Waals surface area contributed by atoms with Gasteiger partial charge in [-0.3, -0.25) is 0 Å². The van der Waals surface area contributed by atoms with Crippen molar-refractivity contribution in [3.8, 4) is 0 Å². The molecule has 86 valence electrons. The van der Waals surface area contributed by atoms with Crippen molar-refractivity contribution >= 4 is 0 Å². The zero-order valence-electron chi connectivity index (χ0n) is 9.38. The summed E-state index contributed by atoms with van der Waals surface area (Å²) < 4.78 is 0. The number of hydrogen-bond acceptors (Lipinski definition) is 3. The molecule has 1 atom stereocenters. The molecular formula is C11H27N3. The monoisotopic (exact) mass is 201 g/mol. The van der Waals surface area contributed by atoms with E-state index in [9.17, 15) is 0 Å². The molecule has 0 saturated carbocycles. The molecule has 0 bridgehead atoms. The normalized spacial score (nSPS) is 13.1. The third kappa shape index (κ3) is 8.48. The van der Waals surface area contributed by atoms with Crippen LogP contribution in [-0.4, -0.2) is 19.6 Å². The van der Waals surface area contributed by atoms with Gasteiger partial charge in [-0.15, -0.1) is 0 Å². The van der Waals surface area contributed by atoms with E-state index in [1.807, 2.05) is 0 Å². The molecule has 0 aliphatic heterocycles. The molecule has 3 nitrogen and oxygen atoms in total. The van der Waals surface area contributed by atoms with Gasteiger partial charge in [-0.05, 0) is 51.2 Å². The van der Waals surface area contributed by atoms with Gasteiger partial charge in [0, 0.05) is 0 Å². The lowest BCUT2D eigenvalue weighted by Gasteiger charge is -2.15. The average molecular weight is 201 g/mol. The zero-order chi connectivity index (χ0) is 10.6. The molecule has 0 saturated heterocycles. The minimum Gasteiger partial charge on any atom is -0.330 e. The van der Waals surface area contributed by atoms with Crippen LogP contribution in [-0.2, 0) is 0 Å². The van der Waals surface area contributed by atoms with E-state index >= 15 is 0 Å². The summed E-state index contributed by atoms with van der Waals surface area (Å²) in [6, 6.07) is 0.